The Morgan fingerprint density at radius 2 is 2.00 bits per heavy atom. The Kier molecular flexibility index (Phi) is 6.28. The van der Waals surface area contributed by atoms with E-state index in [2.05, 4.69) is 18.3 Å². The highest BCUT2D eigenvalue weighted by molar-refractivity contribution is 5.83. The van der Waals surface area contributed by atoms with Gasteiger partial charge in [0.2, 0.25) is 5.91 Å². The molecule has 1 aromatic heterocycles. The number of nitrogens with one attached hydrogen (secondary N) is 1. The number of para-hydroxylation sites is 1. The van der Waals surface area contributed by atoms with Gasteiger partial charge in [-0.15, -0.1) is 0 Å². The molecule has 2 aromatic rings. The molecule has 1 N–H and O–H groups in total. The molecular formula is C17H24N2O2. The Hall–Kier alpha value is -1.81. The summed E-state index contributed by atoms with van der Waals surface area (Å²) in [5.41, 5.74) is 1.09. The minimum absolute atomic E-state index is 0.0462. The summed E-state index contributed by atoms with van der Waals surface area (Å²) in [6.45, 7) is 4.72. The minimum Gasteiger partial charge on any atom is -0.381 e. The fourth-order valence-electron chi connectivity index (χ4n) is 2.24. The summed E-state index contributed by atoms with van der Waals surface area (Å²) in [6, 6.07) is 10.1. The lowest BCUT2D eigenvalue weighted by atomic mass is 10.2. The second-order valence-electron chi connectivity index (χ2n) is 5.17. The van der Waals surface area contributed by atoms with E-state index in [4.69, 9.17) is 4.74 Å². The molecule has 0 bridgehead atoms. The van der Waals surface area contributed by atoms with Crippen LogP contribution >= 0.6 is 0 Å². The number of aromatic nitrogens is 1. The third kappa shape index (κ3) is 4.90. The molecule has 114 valence electrons. The van der Waals surface area contributed by atoms with Crippen molar-refractivity contribution >= 4 is 16.8 Å². The largest absolute Gasteiger partial charge is 0.381 e. The van der Waals surface area contributed by atoms with Gasteiger partial charge in [-0.25, -0.2) is 0 Å². The number of ether oxygens (including phenoxy) is 1. The van der Waals surface area contributed by atoms with Crippen molar-refractivity contribution in [1.82, 2.24) is 9.88 Å². The monoisotopic (exact) mass is 288 g/mol. The predicted octanol–water partition coefficient (Wildman–Crippen LogP) is 2.96. The molecule has 0 aliphatic carbocycles. The third-order valence-electron chi connectivity index (χ3n) is 3.42. The smallest absolute Gasteiger partial charge is 0.239 e. The van der Waals surface area contributed by atoms with E-state index in [1.807, 2.05) is 35.0 Å². The Morgan fingerprint density at radius 1 is 1.19 bits per heavy atom. The van der Waals surface area contributed by atoms with E-state index in [0.29, 0.717) is 19.7 Å². The number of amides is 1. The van der Waals surface area contributed by atoms with Crippen LogP contribution in [0.5, 0.6) is 0 Å². The van der Waals surface area contributed by atoms with Gasteiger partial charge in [0.25, 0.3) is 0 Å². The van der Waals surface area contributed by atoms with Crippen LogP contribution in [0.15, 0.2) is 36.5 Å². The summed E-state index contributed by atoms with van der Waals surface area (Å²) in [5.74, 6) is 0.0462. The van der Waals surface area contributed by atoms with Gasteiger partial charge in [-0.3, -0.25) is 4.79 Å². The molecule has 4 heteroatoms. The van der Waals surface area contributed by atoms with Crippen molar-refractivity contribution in [2.45, 2.75) is 32.7 Å². The van der Waals surface area contributed by atoms with Gasteiger partial charge in [0.15, 0.2) is 0 Å². The lowest BCUT2D eigenvalue weighted by Gasteiger charge is -2.08. The molecule has 1 heterocycles. The minimum atomic E-state index is 0.0462. The molecular weight excluding hydrogens is 264 g/mol. The van der Waals surface area contributed by atoms with Gasteiger partial charge in [0.1, 0.15) is 6.54 Å². The van der Waals surface area contributed by atoms with Crippen LogP contribution in [-0.2, 0) is 16.1 Å². The number of rotatable bonds is 9. The number of carbonyl (C=O) groups is 1. The van der Waals surface area contributed by atoms with Crippen LogP contribution in [0.2, 0.25) is 0 Å². The number of hydrogen-bond donors (Lipinski definition) is 1. The lowest BCUT2D eigenvalue weighted by Crippen LogP contribution is -2.28. The highest BCUT2D eigenvalue weighted by Crippen LogP contribution is 2.14. The molecule has 0 fully saturated rings. The maximum Gasteiger partial charge on any atom is 0.239 e. The maximum absolute atomic E-state index is 11.9. The average Bonchev–Trinajstić information content (AvgIpc) is 2.90. The fourth-order valence-corrected chi connectivity index (χ4v) is 2.24. The summed E-state index contributed by atoms with van der Waals surface area (Å²) in [6.07, 6.45) is 5.08. The summed E-state index contributed by atoms with van der Waals surface area (Å²) >= 11 is 0. The number of benzene rings is 1. The molecule has 0 saturated heterocycles. The number of nitrogens with zero attached hydrogens (tertiary/aromatic N) is 1. The fraction of sp³-hybridized carbons (Fsp3) is 0.471. The molecule has 4 nitrogen and oxygen atoms in total. The Morgan fingerprint density at radius 3 is 2.86 bits per heavy atom. The second-order valence-corrected chi connectivity index (χ2v) is 5.17. The van der Waals surface area contributed by atoms with Crippen molar-refractivity contribution in [2.75, 3.05) is 19.8 Å². The first-order chi connectivity index (χ1) is 10.3. The quantitative estimate of drug-likeness (QED) is 0.721. The number of hydrogen-bond acceptors (Lipinski definition) is 2. The molecule has 0 unspecified atom stereocenters. The van der Waals surface area contributed by atoms with Crippen LogP contribution in [0.3, 0.4) is 0 Å². The van der Waals surface area contributed by atoms with E-state index in [9.17, 15) is 4.79 Å². The van der Waals surface area contributed by atoms with Crippen molar-refractivity contribution in [3.8, 4) is 0 Å². The first-order valence-corrected chi connectivity index (χ1v) is 7.69. The topological polar surface area (TPSA) is 43.3 Å². The zero-order valence-corrected chi connectivity index (χ0v) is 12.7. The van der Waals surface area contributed by atoms with Gasteiger partial charge in [0, 0.05) is 31.5 Å². The Labute approximate surface area is 126 Å². The van der Waals surface area contributed by atoms with Crippen LogP contribution in [-0.4, -0.2) is 30.2 Å². The van der Waals surface area contributed by atoms with Gasteiger partial charge < -0.3 is 14.6 Å². The standard InChI is InChI=1S/C17H24N2O2/c1-2-3-12-21-13-6-10-18-17(20)14-19-11-9-15-7-4-5-8-16(15)19/h4-5,7-9,11H,2-3,6,10,12-14H2,1H3,(H,18,20). The third-order valence-corrected chi connectivity index (χ3v) is 3.42. The molecule has 0 radical (unpaired) electrons. The first-order valence-electron chi connectivity index (χ1n) is 7.69. The van der Waals surface area contributed by atoms with Crippen molar-refractivity contribution in [2.24, 2.45) is 0 Å². The van der Waals surface area contributed by atoms with Crippen LogP contribution in [0, 0.1) is 0 Å². The summed E-state index contributed by atoms with van der Waals surface area (Å²) in [4.78, 5) is 11.9. The van der Waals surface area contributed by atoms with Gasteiger partial charge >= 0.3 is 0 Å². The SMILES string of the molecule is CCCCOCCCNC(=O)Cn1ccc2ccccc21. The Bertz CT molecular complexity index is 563. The van der Waals surface area contributed by atoms with Crippen LogP contribution in [0.4, 0.5) is 0 Å². The molecule has 0 aliphatic heterocycles. The highest BCUT2D eigenvalue weighted by Gasteiger charge is 2.05. The van der Waals surface area contributed by atoms with Gasteiger partial charge in [0.05, 0.1) is 0 Å². The highest BCUT2D eigenvalue weighted by atomic mass is 16.5. The van der Waals surface area contributed by atoms with E-state index in [1.54, 1.807) is 0 Å². The van der Waals surface area contributed by atoms with Gasteiger partial charge in [-0.1, -0.05) is 31.5 Å². The predicted molar refractivity (Wildman–Crippen MR) is 85.3 cm³/mol. The molecule has 2 rings (SSSR count). The maximum atomic E-state index is 11.9. The summed E-state index contributed by atoms with van der Waals surface area (Å²) in [7, 11) is 0. The molecule has 1 amide bonds. The average molecular weight is 288 g/mol. The van der Waals surface area contributed by atoms with Crippen LogP contribution < -0.4 is 5.32 Å². The zero-order chi connectivity index (χ0) is 14.9. The zero-order valence-electron chi connectivity index (χ0n) is 12.7. The molecule has 21 heavy (non-hydrogen) atoms. The number of carbonyl (C=O) groups excluding carboxylic acids is 1. The summed E-state index contributed by atoms with van der Waals surface area (Å²) < 4.78 is 7.44. The normalized spacial score (nSPS) is 10.9. The molecule has 0 atom stereocenters. The summed E-state index contributed by atoms with van der Waals surface area (Å²) in [5, 5.41) is 4.10. The first kappa shape index (κ1) is 15.6. The molecule has 0 aliphatic rings. The van der Waals surface area contributed by atoms with Gasteiger partial charge in [-0.05, 0) is 30.4 Å². The molecule has 0 spiro atoms. The Balaban J connectivity index is 1.68. The van der Waals surface area contributed by atoms with E-state index in [1.165, 1.54) is 0 Å². The van der Waals surface area contributed by atoms with E-state index < -0.39 is 0 Å². The lowest BCUT2D eigenvalue weighted by molar-refractivity contribution is -0.121. The van der Waals surface area contributed by atoms with Crippen molar-refractivity contribution in [3.63, 3.8) is 0 Å². The van der Waals surface area contributed by atoms with Crippen molar-refractivity contribution in [1.29, 1.82) is 0 Å². The van der Waals surface area contributed by atoms with E-state index in [-0.39, 0.29) is 5.91 Å². The van der Waals surface area contributed by atoms with Gasteiger partial charge in [-0.2, -0.15) is 0 Å². The number of unbranched alkanes of at least 4 members (excludes halogenated alkanes) is 1. The van der Waals surface area contributed by atoms with Crippen molar-refractivity contribution < 1.29 is 9.53 Å². The second kappa shape index (κ2) is 8.47. The van der Waals surface area contributed by atoms with Crippen LogP contribution in [0.1, 0.15) is 26.2 Å². The molecule has 1 aromatic carbocycles. The van der Waals surface area contributed by atoms with E-state index in [0.717, 1.165) is 36.8 Å². The van der Waals surface area contributed by atoms with E-state index >= 15 is 0 Å². The molecule has 0 saturated carbocycles. The number of fused-ring (bicyclic) bond motifs is 1. The van der Waals surface area contributed by atoms with Crippen LogP contribution in [0.25, 0.3) is 10.9 Å². The van der Waals surface area contributed by atoms with Crippen molar-refractivity contribution in [3.05, 3.63) is 36.5 Å².